The van der Waals surface area contributed by atoms with Crippen molar-refractivity contribution < 1.29 is 14.3 Å². The topological polar surface area (TPSA) is 80.3 Å². The van der Waals surface area contributed by atoms with Gasteiger partial charge in [0.05, 0.1) is 12.1 Å². The number of para-hydroxylation sites is 1. The maximum Gasteiger partial charge on any atom is 0.288 e. The first-order valence-electron chi connectivity index (χ1n) is 7.72. The monoisotopic (exact) mass is 335 g/mol. The number of fused-ring (bicyclic) bond motifs is 1. The highest BCUT2D eigenvalue weighted by Crippen LogP contribution is 2.11. The van der Waals surface area contributed by atoms with Crippen LogP contribution in [0.15, 0.2) is 60.7 Å². The molecule has 2 aromatic carbocycles. The van der Waals surface area contributed by atoms with Gasteiger partial charge in [-0.3, -0.25) is 20.4 Å². The molecule has 3 aromatic rings. The van der Waals surface area contributed by atoms with Crippen LogP contribution in [0, 0.1) is 0 Å². The molecule has 0 aliphatic heterocycles. The highest BCUT2D eigenvalue weighted by molar-refractivity contribution is 5.99. The van der Waals surface area contributed by atoms with Crippen LogP contribution >= 0.6 is 0 Å². The molecule has 1 heterocycles. The summed E-state index contributed by atoms with van der Waals surface area (Å²) in [5.74, 6) is -0.881. The highest BCUT2D eigenvalue weighted by Gasteiger charge is 2.11. The van der Waals surface area contributed by atoms with Gasteiger partial charge in [-0.25, -0.2) is 4.98 Å². The molecule has 2 N–H and O–H groups in total. The van der Waals surface area contributed by atoms with Gasteiger partial charge in [0.1, 0.15) is 5.69 Å². The molecule has 0 aliphatic carbocycles. The largest absolute Gasteiger partial charge is 0.380 e. The molecule has 2 amide bonds. The van der Waals surface area contributed by atoms with E-state index in [9.17, 15) is 9.59 Å². The third kappa shape index (κ3) is 3.99. The Balaban J connectivity index is 1.63. The van der Waals surface area contributed by atoms with E-state index in [0.29, 0.717) is 12.2 Å². The second-order valence-electron chi connectivity index (χ2n) is 5.43. The number of carbonyl (C=O) groups is 2. The van der Waals surface area contributed by atoms with Crippen LogP contribution < -0.4 is 10.9 Å². The summed E-state index contributed by atoms with van der Waals surface area (Å²) >= 11 is 0. The number of hydrogen-bond acceptors (Lipinski definition) is 4. The summed E-state index contributed by atoms with van der Waals surface area (Å²) < 4.78 is 5.02. The number of rotatable bonds is 4. The Morgan fingerprint density at radius 2 is 1.64 bits per heavy atom. The molecule has 6 nitrogen and oxygen atoms in total. The molecule has 0 fully saturated rings. The molecule has 6 heteroatoms. The minimum atomic E-state index is -0.477. The molecule has 0 unspecified atom stereocenters. The average Bonchev–Trinajstić information content (AvgIpc) is 2.66. The fraction of sp³-hybridized carbons (Fsp3) is 0.105. The summed E-state index contributed by atoms with van der Waals surface area (Å²) in [6.45, 7) is 0.478. The predicted molar refractivity (Wildman–Crippen MR) is 93.8 cm³/mol. The Bertz CT molecular complexity index is 907. The van der Waals surface area contributed by atoms with Gasteiger partial charge in [-0.1, -0.05) is 36.4 Å². The van der Waals surface area contributed by atoms with Crippen LogP contribution in [0.25, 0.3) is 10.9 Å². The molecule has 1 aromatic heterocycles. The molecule has 126 valence electrons. The van der Waals surface area contributed by atoms with E-state index in [2.05, 4.69) is 15.8 Å². The van der Waals surface area contributed by atoms with E-state index in [1.807, 2.05) is 30.3 Å². The second-order valence-corrected chi connectivity index (χ2v) is 5.43. The SMILES string of the molecule is COCc1ccc(C(=O)NNC(=O)c2ccc3ccccc3n2)cc1. The molecule has 3 rings (SSSR count). The van der Waals surface area contributed by atoms with Crippen molar-refractivity contribution in [3.8, 4) is 0 Å². The molecule has 25 heavy (non-hydrogen) atoms. The number of methoxy groups -OCH3 is 1. The Hall–Kier alpha value is -3.25. The van der Waals surface area contributed by atoms with E-state index in [1.54, 1.807) is 37.4 Å². The fourth-order valence-electron chi connectivity index (χ4n) is 2.36. The molecule has 0 saturated heterocycles. The number of hydrogen-bond donors (Lipinski definition) is 2. The summed E-state index contributed by atoms with van der Waals surface area (Å²) in [7, 11) is 1.61. The molecule has 0 atom stereocenters. The number of nitrogens with zero attached hydrogens (tertiary/aromatic N) is 1. The predicted octanol–water partition coefficient (Wildman–Crippen LogP) is 2.46. The Morgan fingerprint density at radius 1 is 0.920 bits per heavy atom. The average molecular weight is 335 g/mol. The number of nitrogens with one attached hydrogen (secondary N) is 2. The summed E-state index contributed by atoms with van der Waals surface area (Å²) in [5, 5.41) is 0.944. The van der Waals surface area contributed by atoms with Crippen LogP contribution in [-0.2, 0) is 11.3 Å². The summed E-state index contributed by atoms with van der Waals surface area (Å²) in [6.07, 6.45) is 0. The van der Waals surface area contributed by atoms with Gasteiger partial charge >= 0.3 is 0 Å². The first-order chi connectivity index (χ1) is 12.2. The summed E-state index contributed by atoms with van der Waals surface area (Å²) in [5.41, 5.74) is 7.11. The molecular formula is C19H17N3O3. The maximum absolute atomic E-state index is 12.2. The van der Waals surface area contributed by atoms with Crippen molar-refractivity contribution in [1.82, 2.24) is 15.8 Å². The van der Waals surface area contributed by atoms with Gasteiger partial charge < -0.3 is 4.74 Å². The van der Waals surface area contributed by atoms with E-state index in [0.717, 1.165) is 16.5 Å². The molecule has 0 spiro atoms. The van der Waals surface area contributed by atoms with Crippen molar-refractivity contribution in [1.29, 1.82) is 0 Å². The lowest BCUT2D eigenvalue weighted by Crippen LogP contribution is -2.41. The van der Waals surface area contributed by atoms with E-state index in [-0.39, 0.29) is 5.69 Å². The van der Waals surface area contributed by atoms with Gasteiger partial charge in [0, 0.05) is 18.1 Å². The Labute approximate surface area is 144 Å². The molecular weight excluding hydrogens is 318 g/mol. The normalized spacial score (nSPS) is 10.4. The zero-order valence-electron chi connectivity index (χ0n) is 13.7. The zero-order valence-corrected chi connectivity index (χ0v) is 13.7. The van der Waals surface area contributed by atoms with E-state index in [4.69, 9.17) is 4.74 Å². The summed E-state index contributed by atoms with van der Waals surface area (Å²) in [4.78, 5) is 28.5. The lowest BCUT2D eigenvalue weighted by molar-refractivity contribution is 0.0844. The Kier molecular flexibility index (Phi) is 5.01. The van der Waals surface area contributed by atoms with Gasteiger partial charge in [0.2, 0.25) is 0 Å². The van der Waals surface area contributed by atoms with Crippen molar-refractivity contribution in [3.63, 3.8) is 0 Å². The smallest absolute Gasteiger partial charge is 0.288 e. The molecule has 0 bridgehead atoms. The number of aromatic nitrogens is 1. The van der Waals surface area contributed by atoms with Crippen molar-refractivity contribution in [3.05, 3.63) is 77.5 Å². The Morgan fingerprint density at radius 3 is 2.40 bits per heavy atom. The minimum Gasteiger partial charge on any atom is -0.380 e. The quantitative estimate of drug-likeness (QED) is 0.718. The maximum atomic E-state index is 12.2. The number of carbonyl (C=O) groups excluding carboxylic acids is 2. The van der Waals surface area contributed by atoms with E-state index < -0.39 is 11.8 Å². The van der Waals surface area contributed by atoms with Crippen molar-refractivity contribution in [2.24, 2.45) is 0 Å². The van der Waals surface area contributed by atoms with Crippen LogP contribution in [-0.4, -0.2) is 23.9 Å². The van der Waals surface area contributed by atoms with Gasteiger partial charge in [-0.05, 0) is 29.8 Å². The number of ether oxygens (including phenoxy) is 1. The van der Waals surface area contributed by atoms with E-state index in [1.165, 1.54) is 0 Å². The highest BCUT2D eigenvalue weighted by atomic mass is 16.5. The molecule has 0 saturated carbocycles. The van der Waals surface area contributed by atoms with Crippen LogP contribution in [0.5, 0.6) is 0 Å². The van der Waals surface area contributed by atoms with Crippen LogP contribution in [0.3, 0.4) is 0 Å². The number of hydrazine groups is 1. The van der Waals surface area contributed by atoms with Crippen molar-refractivity contribution in [2.75, 3.05) is 7.11 Å². The minimum absolute atomic E-state index is 0.231. The molecule has 0 radical (unpaired) electrons. The third-order valence-electron chi connectivity index (χ3n) is 3.65. The fourth-order valence-corrected chi connectivity index (χ4v) is 2.36. The number of benzene rings is 2. The van der Waals surface area contributed by atoms with Crippen LogP contribution in [0.4, 0.5) is 0 Å². The first-order valence-corrected chi connectivity index (χ1v) is 7.72. The van der Waals surface area contributed by atoms with Gasteiger partial charge in [-0.2, -0.15) is 0 Å². The van der Waals surface area contributed by atoms with Crippen LogP contribution in [0.1, 0.15) is 26.4 Å². The van der Waals surface area contributed by atoms with E-state index >= 15 is 0 Å². The van der Waals surface area contributed by atoms with Gasteiger partial charge in [-0.15, -0.1) is 0 Å². The lowest BCUT2D eigenvalue weighted by Gasteiger charge is -2.08. The van der Waals surface area contributed by atoms with Crippen LogP contribution in [0.2, 0.25) is 0 Å². The second kappa shape index (κ2) is 7.55. The third-order valence-corrected chi connectivity index (χ3v) is 3.65. The number of pyridine rings is 1. The number of amides is 2. The first kappa shape index (κ1) is 16.6. The lowest BCUT2D eigenvalue weighted by atomic mass is 10.1. The van der Waals surface area contributed by atoms with Crippen molar-refractivity contribution >= 4 is 22.7 Å². The molecule has 0 aliphatic rings. The zero-order chi connectivity index (χ0) is 17.6. The van der Waals surface area contributed by atoms with Crippen molar-refractivity contribution in [2.45, 2.75) is 6.61 Å². The van der Waals surface area contributed by atoms with Gasteiger partial charge in [0.25, 0.3) is 11.8 Å². The summed E-state index contributed by atoms with van der Waals surface area (Å²) in [6, 6.07) is 17.9. The van der Waals surface area contributed by atoms with Gasteiger partial charge in [0.15, 0.2) is 0 Å². The standard InChI is InChI=1S/C19H17N3O3/c1-25-12-13-6-8-15(9-7-13)18(23)21-22-19(24)17-11-10-14-4-2-3-5-16(14)20-17/h2-11H,12H2,1H3,(H,21,23)(H,22,24).